The Labute approximate surface area is 168 Å². The summed E-state index contributed by atoms with van der Waals surface area (Å²) in [7, 11) is 0. The first kappa shape index (κ1) is 17.2. The van der Waals surface area contributed by atoms with Gasteiger partial charge in [-0.05, 0) is 36.3 Å². The lowest BCUT2D eigenvalue weighted by atomic mass is 10.1. The number of hydrazone groups is 1. The maximum Gasteiger partial charge on any atom is 0.387 e. The molecule has 0 aliphatic carbocycles. The van der Waals surface area contributed by atoms with Crippen LogP contribution in [0.25, 0.3) is 0 Å². The molecule has 0 saturated carbocycles. The van der Waals surface area contributed by atoms with Crippen molar-refractivity contribution in [3.8, 4) is 0 Å². The molecular weight excluding hydrogens is 368 g/mol. The highest BCUT2D eigenvalue weighted by molar-refractivity contribution is 8.26. The van der Waals surface area contributed by atoms with Crippen LogP contribution in [0, 0.1) is 13.8 Å². The summed E-state index contributed by atoms with van der Waals surface area (Å²) in [6.45, 7) is 6.89. The van der Waals surface area contributed by atoms with Crippen molar-refractivity contribution in [2.45, 2.75) is 33.5 Å². The maximum absolute atomic E-state index is 4.92. The van der Waals surface area contributed by atoms with E-state index in [1.165, 1.54) is 11.1 Å². The number of amidine groups is 1. The first-order valence-electron chi connectivity index (χ1n) is 9.30. The van der Waals surface area contributed by atoms with Crippen LogP contribution >= 0.6 is 11.8 Å². The predicted octanol–water partition coefficient (Wildman–Crippen LogP) is 3.77. The van der Waals surface area contributed by atoms with Gasteiger partial charge < -0.3 is 0 Å². The van der Waals surface area contributed by atoms with Gasteiger partial charge in [-0.25, -0.2) is 4.57 Å². The largest absolute Gasteiger partial charge is 0.387 e. The van der Waals surface area contributed by atoms with Gasteiger partial charge in [0.25, 0.3) is 5.17 Å². The molecule has 5 rings (SSSR count). The van der Waals surface area contributed by atoms with Gasteiger partial charge in [-0.1, -0.05) is 69.8 Å². The molecule has 0 N–H and O–H groups in total. The van der Waals surface area contributed by atoms with E-state index in [2.05, 4.69) is 60.0 Å². The Morgan fingerprint density at radius 1 is 1.00 bits per heavy atom. The molecule has 1 aromatic heterocycles. The highest BCUT2D eigenvalue weighted by atomic mass is 32.2. The molecule has 0 amide bonds. The SMILES string of the molecule is CC1=NN2C(=Nc3n(nc(C)[n+]3Cc3ccccc3)C2c2ccc(C)cc2)S1. The van der Waals surface area contributed by atoms with Crippen LogP contribution in [0.3, 0.4) is 0 Å². The normalized spacial score (nSPS) is 17.8. The van der Waals surface area contributed by atoms with Crippen molar-refractivity contribution < 1.29 is 4.57 Å². The zero-order valence-corrected chi connectivity index (χ0v) is 16.9. The molecule has 6 nitrogen and oxygen atoms in total. The number of fused-ring (bicyclic) bond motifs is 2. The lowest BCUT2D eigenvalue weighted by molar-refractivity contribution is -0.682. The lowest BCUT2D eigenvalue weighted by Crippen LogP contribution is -2.40. The van der Waals surface area contributed by atoms with Gasteiger partial charge in [-0.3, -0.25) is 0 Å². The minimum atomic E-state index is -0.135. The van der Waals surface area contributed by atoms with Crippen LogP contribution in [0.4, 0.5) is 5.95 Å². The number of thioether (sulfide) groups is 1. The van der Waals surface area contributed by atoms with Gasteiger partial charge in [-0.15, -0.1) is 0 Å². The standard InChI is InChI=1S/C21H21N6S/c1-14-9-11-18(12-10-14)19-26-20(22-21-27(19)24-16(3)28-21)25(15(2)23-26)13-17-7-5-4-6-8-17/h4-12,19H,13H2,1-3H3/q+1. The Morgan fingerprint density at radius 2 is 1.75 bits per heavy atom. The summed E-state index contributed by atoms with van der Waals surface area (Å²) in [6, 6.07) is 19.0. The molecule has 1 unspecified atom stereocenters. The molecule has 140 valence electrons. The van der Waals surface area contributed by atoms with Crippen molar-refractivity contribution in [1.29, 1.82) is 0 Å². The smallest absolute Gasteiger partial charge is 0.217 e. The number of hydrogen-bond acceptors (Lipinski definition) is 5. The second kappa shape index (κ2) is 6.60. The summed E-state index contributed by atoms with van der Waals surface area (Å²) in [6.07, 6.45) is -0.135. The van der Waals surface area contributed by atoms with Gasteiger partial charge in [0.15, 0.2) is 0 Å². The zero-order chi connectivity index (χ0) is 19.3. The first-order chi connectivity index (χ1) is 13.6. The summed E-state index contributed by atoms with van der Waals surface area (Å²) in [5.41, 5.74) is 3.61. The van der Waals surface area contributed by atoms with E-state index in [1.54, 1.807) is 11.8 Å². The van der Waals surface area contributed by atoms with Crippen molar-refractivity contribution in [2.75, 3.05) is 0 Å². The molecule has 28 heavy (non-hydrogen) atoms. The highest BCUT2D eigenvalue weighted by Crippen LogP contribution is 2.37. The lowest BCUT2D eigenvalue weighted by Gasteiger charge is -2.25. The Bertz CT molecular complexity index is 1100. The molecule has 2 aromatic carbocycles. The molecule has 0 radical (unpaired) electrons. The van der Waals surface area contributed by atoms with Crippen molar-refractivity contribution >= 4 is 27.9 Å². The van der Waals surface area contributed by atoms with Gasteiger partial charge in [0.05, 0.1) is 11.6 Å². The van der Waals surface area contributed by atoms with E-state index < -0.39 is 0 Å². The summed E-state index contributed by atoms with van der Waals surface area (Å²) in [5, 5.41) is 13.5. The highest BCUT2D eigenvalue weighted by Gasteiger charge is 2.43. The van der Waals surface area contributed by atoms with E-state index >= 15 is 0 Å². The molecule has 3 aromatic rings. The molecule has 0 bridgehead atoms. The van der Waals surface area contributed by atoms with Crippen LogP contribution in [0.5, 0.6) is 0 Å². The first-order valence-corrected chi connectivity index (χ1v) is 10.1. The fourth-order valence-electron chi connectivity index (χ4n) is 3.59. The second-order valence-electron chi connectivity index (χ2n) is 7.11. The summed E-state index contributed by atoms with van der Waals surface area (Å²) < 4.78 is 4.17. The topological polar surface area (TPSA) is 49.7 Å². The van der Waals surface area contributed by atoms with Crippen molar-refractivity contribution in [2.24, 2.45) is 10.1 Å². The molecular formula is C21H21N6S+. The fraction of sp³-hybridized carbons (Fsp3) is 0.238. The quantitative estimate of drug-likeness (QED) is 0.641. The number of aromatic nitrogens is 3. The number of benzene rings is 2. The maximum atomic E-state index is 4.92. The summed E-state index contributed by atoms with van der Waals surface area (Å²) >= 11 is 1.61. The minimum absolute atomic E-state index is 0.135. The molecule has 2 aliphatic heterocycles. The number of rotatable bonds is 3. The Kier molecular flexibility index (Phi) is 4.05. The fourth-order valence-corrected chi connectivity index (χ4v) is 4.34. The van der Waals surface area contributed by atoms with E-state index in [0.29, 0.717) is 0 Å². The number of aryl methyl sites for hydroxylation is 2. The molecule has 0 spiro atoms. The minimum Gasteiger partial charge on any atom is -0.217 e. The number of aliphatic imine (C=N–C) groups is 1. The van der Waals surface area contributed by atoms with Crippen LogP contribution in [0.15, 0.2) is 64.7 Å². The molecule has 1 atom stereocenters. The van der Waals surface area contributed by atoms with Crippen molar-refractivity contribution in [1.82, 2.24) is 14.8 Å². The number of hydrogen-bond donors (Lipinski definition) is 0. The van der Waals surface area contributed by atoms with Gasteiger partial charge in [-0.2, -0.15) is 10.1 Å². The second-order valence-corrected chi connectivity index (χ2v) is 8.27. The van der Waals surface area contributed by atoms with Gasteiger partial charge >= 0.3 is 5.95 Å². The van der Waals surface area contributed by atoms with Crippen LogP contribution in [0.1, 0.15) is 35.6 Å². The van der Waals surface area contributed by atoms with Crippen molar-refractivity contribution in [3.63, 3.8) is 0 Å². The Hall–Kier alpha value is -2.93. The Balaban J connectivity index is 1.65. The monoisotopic (exact) mass is 389 g/mol. The van der Waals surface area contributed by atoms with E-state index in [-0.39, 0.29) is 6.17 Å². The molecule has 0 saturated heterocycles. The van der Waals surface area contributed by atoms with Crippen LogP contribution in [-0.2, 0) is 6.54 Å². The van der Waals surface area contributed by atoms with E-state index in [1.807, 2.05) is 29.6 Å². The third kappa shape index (κ3) is 2.82. The molecule has 7 heteroatoms. The predicted molar refractivity (Wildman–Crippen MR) is 112 cm³/mol. The van der Waals surface area contributed by atoms with E-state index in [0.717, 1.165) is 34.1 Å². The van der Waals surface area contributed by atoms with Gasteiger partial charge in [0.1, 0.15) is 0 Å². The van der Waals surface area contributed by atoms with Crippen molar-refractivity contribution in [3.05, 3.63) is 77.1 Å². The Morgan fingerprint density at radius 3 is 2.50 bits per heavy atom. The molecule has 3 heterocycles. The number of nitrogens with zero attached hydrogens (tertiary/aromatic N) is 6. The van der Waals surface area contributed by atoms with E-state index in [4.69, 9.17) is 15.2 Å². The van der Waals surface area contributed by atoms with Gasteiger partial charge in [0, 0.05) is 12.5 Å². The van der Waals surface area contributed by atoms with Gasteiger partial charge in [0.2, 0.25) is 12.0 Å². The van der Waals surface area contributed by atoms with E-state index in [9.17, 15) is 0 Å². The summed E-state index contributed by atoms with van der Waals surface area (Å²) in [4.78, 5) is 4.92. The molecule has 2 aliphatic rings. The van der Waals surface area contributed by atoms with Crippen LogP contribution < -0.4 is 4.57 Å². The summed E-state index contributed by atoms with van der Waals surface area (Å²) in [5.74, 6) is 1.79. The molecule has 0 fully saturated rings. The average molecular weight is 390 g/mol. The third-order valence-corrected chi connectivity index (χ3v) is 5.83. The third-order valence-electron chi connectivity index (χ3n) is 4.99. The van der Waals surface area contributed by atoms with Crippen LogP contribution in [0.2, 0.25) is 0 Å². The van der Waals surface area contributed by atoms with Crippen LogP contribution in [-0.4, -0.2) is 25.0 Å². The average Bonchev–Trinajstić information content (AvgIpc) is 3.21. The zero-order valence-electron chi connectivity index (χ0n) is 16.1.